The molecule has 2 fully saturated rings. The van der Waals surface area contributed by atoms with Crippen molar-refractivity contribution < 1.29 is 22.3 Å². The molecule has 49 heavy (non-hydrogen) atoms. The van der Waals surface area contributed by atoms with E-state index in [0.717, 1.165) is 28.5 Å². The van der Waals surface area contributed by atoms with E-state index < -0.39 is 11.8 Å². The first-order chi connectivity index (χ1) is 23.2. The molecule has 4 heterocycles. The standard InChI is InChI=1S/C17H23F2N5O.C16H20BrF2N5/c1-11-8-12(2)24(23-11)16-21-14(10-25-3)9-15(22-16)20-13-4-6-17(18,19)7-5-13;1-10-7-11(2)24(23-10)15-21-13(9-17)8-14(22-15)20-12-3-5-16(18,19)6-4-12/h8-9,13H,4-7,10H2,1-3H3,(H,20,21,22);7-8,12H,3-6,9H2,1-2H3,(H,20,21,22). The number of hydrogen-bond donors (Lipinski definition) is 2. The molecule has 16 heteroatoms. The summed E-state index contributed by atoms with van der Waals surface area (Å²) in [5, 5.41) is 16.0. The number of methoxy groups -OCH3 is 1. The van der Waals surface area contributed by atoms with E-state index in [-0.39, 0.29) is 37.8 Å². The van der Waals surface area contributed by atoms with Gasteiger partial charge >= 0.3 is 0 Å². The maximum Gasteiger partial charge on any atom is 0.253 e. The molecule has 0 amide bonds. The van der Waals surface area contributed by atoms with Crippen LogP contribution in [0.1, 0.15) is 85.5 Å². The Balaban J connectivity index is 0.000000191. The number of rotatable bonds is 9. The zero-order chi connectivity index (χ0) is 35.3. The molecule has 4 aromatic heterocycles. The lowest BCUT2D eigenvalue weighted by Gasteiger charge is -2.29. The van der Waals surface area contributed by atoms with Gasteiger partial charge in [0, 0.05) is 73.7 Å². The molecule has 2 N–H and O–H groups in total. The molecule has 2 aliphatic rings. The molecule has 0 aliphatic heterocycles. The summed E-state index contributed by atoms with van der Waals surface area (Å²) in [4.78, 5) is 18.0. The molecule has 6 rings (SSSR count). The average molecular weight is 752 g/mol. The van der Waals surface area contributed by atoms with Crippen molar-refractivity contribution in [2.24, 2.45) is 0 Å². The van der Waals surface area contributed by atoms with Crippen molar-refractivity contribution >= 4 is 27.6 Å². The van der Waals surface area contributed by atoms with Crippen LogP contribution in [0.15, 0.2) is 24.3 Å². The molecule has 0 atom stereocenters. The number of aromatic nitrogens is 8. The second kappa shape index (κ2) is 15.5. The van der Waals surface area contributed by atoms with Gasteiger partial charge in [0.05, 0.1) is 29.4 Å². The number of hydrogen-bond acceptors (Lipinski definition) is 9. The zero-order valence-electron chi connectivity index (χ0n) is 28.4. The summed E-state index contributed by atoms with van der Waals surface area (Å²) in [5.74, 6) is -2.87. The third-order valence-electron chi connectivity index (χ3n) is 8.50. The quantitative estimate of drug-likeness (QED) is 0.132. The third kappa shape index (κ3) is 9.96. The van der Waals surface area contributed by atoms with Gasteiger partial charge in [-0.25, -0.2) is 36.9 Å². The van der Waals surface area contributed by atoms with Crippen molar-refractivity contribution in [3.8, 4) is 11.9 Å². The van der Waals surface area contributed by atoms with Crippen molar-refractivity contribution in [1.29, 1.82) is 0 Å². The van der Waals surface area contributed by atoms with Crippen molar-refractivity contribution in [2.75, 3.05) is 17.7 Å². The maximum atomic E-state index is 13.3. The normalized spacial score (nSPS) is 17.8. The molecule has 0 aromatic carbocycles. The van der Waals surface area contributed by atoms with Gasteiger partial charge in [-0.15, -0.1) is 0 Å². The Morgan fingerprint density at radius 3 is 1.47 bits per heavy atom. The molecule has 4 aromatic rings. The molecule has 0 bridgehead atoms. The van der Waals surface area contributed by atoms with Crippen LogP contribution in [0.4, 0.5) is 29.2 Å². The van der Waals surface area contributed by atoms with E-state index >= 15 is 0 Å². The minimum Gasteiger partial charge on any atom is -0.378 e. The summed E-state index contributed by atoms with van der Waals surface area (Å²) < 4.78 is 61.8. The smallest absolute Gasteiger partial charge is 0.253 e. The van der Waals surface area contributed by atoms with Crippen LogP contribution >= 0.6 is 15.9 Å². The Morgan fingerprint density at radius 1 is 0.694 bits per heavy atom. The minimum absolute atomic E-state index is 0.0102. The van der Waals surface area contributed by atoms with Crippen LogP contribution < -0.4 is 10.6 Å². The van der Waals surface area contributed by atoms with E-state index in [1.54, 1.807) is 22.5 Å². The number of anilines is 2. The summed E-state index contributed by atoms with van der Waals surface area (Å²) in [5.41, 5.74) is 5.17. The first-order valence-electron chi connectivity index (χ1n) is 16.4. The fourth-order valence-corrected chi connectivity index (χ4v) is 6.33. The maximum absolute atomic E-state index is 13.3. The fourth-order valence-electron chi connectivity index (χ4n) is 6.04. The molecule has 0 saturated heterocycles. The molecule has 0 spiro atoms. The summed E-state index contributed by atoms with van der Waals surface area (Å²) >= 11 is 3.42. The number of aryl methyl sites for hydroxylation is 4. The highest BCUT2D eigenvalue weighted by Gasteiger charge is 2.36. The summed E-state index contributed by atoms with van der Waals surface area (Å²) in [6.45, 7) is 8.04. The Hall–Kier alpha value is -3.66. The van der Waals surface area contributed by atoms with Crippen molar-refractivity contribution in [2.45, 2.75) is 115 Å². The lowest BCUT2D eigenvalue weighted by atomic mass is 9.92. The van der Waals surface area contributed by atoms with Gasteiger partial charge in [0.15, 0.2) is 0 Å². The highest BCUT2D eigenvalue weighted by molar-refractivity contribution is 9.08. The van der Waals surface area contributed by atoms with E-state index in [0.29, 0.717) is 66.8 Å². The zero-order valence-corrected chi connectivity index (χ0v) is 30.0. The van der Waals surface area contributed by atoms with Crippen molar-refractivity contribution in [3.63, 3.8) is 0 Å². The molecular weight excluding hydrogens is 708 g/mol. The highest BCUT2D eigenvalue weighted by Crippen LogP contribution is 2.35. The molecule has 11 nitrogen and oxygen atoms in total. The Bertz CT molecular complexity index is 1710. The minimum atomic E-state index is -2.54. The Kier molecular flexibility index (Phi) is 11.6. The second-order valence-electron chi connectivity index (χ2n) is 12.9. The lowest BCUT2D eigenvalue weighted by Crippen LogP contribution is -2.32. The molecule has 2 aliphatic carbocycles. The monoisotopic (exact) mass is 750 g/mol. The summed E-state index contributed by atoms with van der Waals surface area (Å²) in [6, 6.07) is 7.54. The molecule has 266 valence electrons. The van der Waals surface area contributed by atoms with E-state index in [1.807, 2.05) is 45.9 Å². The van der Waals surface area contributed by atoms with Crippen LogP contribution in [0.25, 0.3) is 11.9 Å². The lowest BCUT2D eigenvalue weighted by molar-refractivity contribution is -0.0366. The van der Waals surface area contributed by atoms with E-state index in [2.05, 4.69) is 56.7 Å². The van der Waals surface area contributed by atoms with Crippen LogP contribution in [0.5, 0.6) is 0 Å². The third-order valence-corrected chi connectivity index (χ3v) is 9.07. The molecule has 0 unspecified atom stereocenters. The summed E-state index contributed by atoms with van der Waals surface area (Å²) in [7, 11) is 1.60. The molecule has 0 radical (unpaired) electrons. The van der Waals surface area contributed by atoms with Crippen LogP contribution in [-0.4, -0.2) is 70.5 Å². The highest BCUT2D eigenvalue weighted by atomic mass is 79.9. The topological polar surface area (TPSA) is 120 Å². The first kappa shape index (κ1) is 36.6. The van der Waals surface area contributed by atoms with Gasteiger partial charge < -0.3 is 15.4 Å². The van der Waals surface area contributed by atoms with Crippen LogP contribution in [0.2, 0.25) is 0 Å². The van der Waals surface area contributed by atoms with Gasteiger partial charge in [0.2, 0.25) is 11.8 Å². The van der Waals surface area contributed by atoms with Gasteiger partial charge in [0.1, 0.15) is 11.6 Å². The van der Waals surface area contributed by atoms with Crippen molar-refractivity contribution in [1.82, 2.24) is 39.5 Å². The number of nitrogens with one attached hydrogen (secondary N) is 2. The SMILES string of the molecule is COCc1cc(NC2CCC(F)(F)CC2)nc(-n2nc(C)cc2C)n1.Cc1cc(C)n(-c2nc(CBr)cc(NC3CCC(F)(F)CC3)n2)n1. The second-order valence-corrected chi connectivity index (χ2v) is 13.4. The predicted molar refractivity (Wildman–Crippen MR) is 182 cm³/mol. The van der Waals surface area contributed by atoms with Crippen LogP contribution in [-0.2, 0) is 16.7 Å². The van der Waals surface area contributed by atoms with E-state index in [9.17, 15) is 17.6 Å². The predicted octanol–water partition coefficient (Wildman–Crippen LogP) is 7.58. The number of halogens is 5. The van der Waals surface area contributed by atoms with Gasteiger partial charge in [-0.05, 0) is 65.5 Å². The Labute approximate surface area is 291 Å². The van der Waals surface area contributed by atoms with Crippen molar-refractivity contribution in [3.05, 3.63) is 58.4 Å². The van der Waals surface area contributed by atoms with E-state index in [4.69, 9.17) is 4.74 Å². The van der Waals surface area contributed by atoms with Gasteiger partial charge in [-0.1, -0.05) is 15.9 Å². The number of nitrogens with zero attached hydrogens (tertiary/aromatic N) is 8. The summed E-state index contributed by atoms with van der Waals surface area (Å²) in [6.07, 6.45) is 1.39. The van der Waals surface area contributed by atoms with Crippen LogP contribution in [0, 0.1) is 27.7 Å². The molecule has 2 saturated carbocycles. The number of ether oxygens (including phenoxy) is 1. The van der Waals surface area contributed by atoms with E-state index in [1.165, 1.54) is 0 Å². The first-order valence-corrected chi connectivity index (χ1v) is 17.5. The van der Waals surface area contributed by atoms with Gasteiger partial charge in [-0.3, -0.25) is 0 Å². The van der Waals surface area contributed by atoms with Crippen LogP contribution in [0.3, 0.4) is 0 Å². The largest absolute Gasteiger partial charge is 0.378 e. The Morgan fingerprint density at radius 2 is 1.10 bits per heavy atom. The van der Waals surface area contributed by atoms with Gasteiger partial charge in [-0.2, -0.15) is 20.2 Å². The number of alkyl halides is 5. The average Bonchev–Trinajstić information content (AvgIpc) is 3.57. The molecular formula is C33H43BrF4N10O. The fraction of sp³-hybridized carbons (Fsp3) is 0.576. The van der Waals surface area contributed by atoms with Gasteiger partial charge in [0.25, 0.3) is 11.9 Å².